The van der Waals surface area contributed by atoms with E-state index in [9.17, 15) is 9.18 Å². The molecule has 1 amide bonds. The predicted molar refractivity (Wildman–Crippen MR) is 143 cm³/mol. The number of nitrogens with one attached hydrogen (secondary N) is 1. The smallest absolute Gasteiger partial charge is 0.233 e. The van der Waals surface area contributed by atoms with E-state index in [1.807, 2.05) is 17.9 Å². The van der Waals surface area contributed by atoms with Crippen molar-refractivity contribution in [2.45, 2.75) is 26.1 Å². The van der Waals surface area contributed by atoms with Gasteiger partial charge in [0.15, 0.2) is 5.82 Å². The van der Waals surface area contributed by atoms with Crippen molar-refractivity contribution in [1.82, 2.24) is 29.7 Å². The van der Waals surface area contributed by atoms with Crippen LogP contribution in [0, 0.1) is 11.2 Å². The van der Waals surface area contributed by atoms with Gasteiger partial charge in [0, 0.05) is 51.0 Å². The topological polar surface area (TPSA) is 99.7 Å². The van der Waals surface area contributed by atoms with E-state index in [4.69, 9.17) is 19.4 Å². The highest BCUT2D eigenvalue weighted by molar-refractivity contribution is 5.83. The standard InChI is InChI=1S/C28H34FN7O3/c1-28(26(37)35-15-13-34(2)14-16-35)17-38-25(39-18-28)24-32-22(19-5-7-20(29)8-6-19)23(33-24)21-9-10-30-27(31-21)36-11-3-4-12-36/h5-10,25H,3-4,11-18H2,1-2H3,(H,32,33). The number of carbonyl (C=O) groups is 1. The van der Waals surface area contributed by atoms with Gasteiger partial charge < -0.3 is 29.2 Å². The number of imidazole rings is 1. The first-order valence-corrected chi connectivity index (χ1v) is 13.5. The van der Waals surface area contributed by atoms with Crippen LogP contribution in [0.15, 0.2) is 36.5 Å². The predicted octanol–water partition coefficient (Wildman–Crippen LogP) is 3.10. The van der Waals surface area contributed by atoms with E-state index < -0.39 is 11.7 Å². The first-order chi connectivity index (χ1) is 18.9. The van der Waals surface area contributed by atoms with Crippen molar-refractivity contribution in [2.24, 2.45) is 5.41 Å². The lowest BCUT2D eigenvalue weighted by Gasteiger charge is -2.41. The maximum Gasteiger partial charge on any atom is 0.233 e. The number of hydrogen-bond acceptors (Lipinski definition) is 8. The van der Waals surface area contributed by atoms with Crippen LogP contribution in [0.4, 0.5) is 10.3 Å². The summed E-state index contributed by atoms with van der Waals surface area (Å²) in [5.74, 6) is 0.878. The molecule has 3 aliphatic heterocycles. The number of aromatic amines is 1. The van der Waals surface area contributed by atoms with E-state index in [0.717, 1.165) is 44.6 Å². The number of benzene rings is 1. The van der Waals surface area contributed by atoms with Gasteiger partial charge in [0.1, 0.15) is 5.82 Å². The first kappa shape index (κ1) is 25.8. The molecule has 0 radical (unpaired) electrons. The Morgan fingerprint density at radius 1 is 1.00 bits per heavy atom. The van der Waals surface area contributed by atoms with E-state index in [0.29, 0.717) is 41.9 Å². The maximum atomic E-state index is 13.7. The second-order valence-electron chi connectivity index (χ2n) is 10.9. The Bertz CT molecular complexity index is 1310. The number of halogens is 1. The third kappa shape index (κ3) is 5.26. The van der Waals surface area contributed by atoms with Gasteiger partial charge in [-0.25, -0.2) is 19.3 Å². The molecule has 0 saturated carbocycles. The second-order valence-corrected chi connectivity index (χ2v) is 10.9. The number of piperazine rings is 1. The molecule has 1 aromatic carbocycles. The molecule has 1 N–H and O–H groups in total. The average molecular weight is 536 g/mol. The average Bonchev–Trinajstić information content (AvgIpc) is 3.65. The maximum absolute atomic E-state index is 13.7. The fourth-order valence-electron chi connectivity index (χ4n) is 5.34. The fraction of sp³-hybridized carbons (Fsp3) is 0.500. The zero-order chi connectivity index (χ0) is 27.0. The minimum absolute atomic E-state index is 0.0524. The van der Waals surface area contributed by atoms with Gasteiger partial charge in [-0.1, -0.05) is 0 Å². The van der Waals surface area contributed by atoms with Crippen molar-refractivity contribution in [3.63, 3.8) is 0 Å². The molecule has 0 aliphatic carbocycles. The van der Waals surface area contributed by atoms with Gasteiger partial charge >= 0.3 is 0 Å². The zero-order valence-electron chi connectivity index (χ0n) is 22.4. The Labute approximate surface area is 227 Å². The molecule has 10 nitrogen and oxygen atoms in total. The highest BCUT2D eigenvalue weighted by Gasteiger charge is 2.43. The number of carbonyl (C=O) groups excluding carboxylic acids is 1. The molecule has 0 spiro atoms. The van der Waals surface area contributed by atoms with Crippen LogP contribution in [-0.2, 0) is 14.3 Å². The Morgan fingerprint density at radius 2 is 1.69 bits per heavy atom. The summed E-state index contributed by atoms with van der Waals surface area (Å²) >= 11 is 0. The lowest BCUT2D eigenvalue weighted by atomic mass is 9.90. The Kier molecular flexibility index (Phi) is 7.05. The molecule has 39 heavy (non-hydrogen) atoms. The van der Waals surface area contributed by atoms with Crippen molar-refractivity contribution in [1.29, 1.82) is 0 Å². The molecule has 11 heteroatoms. The van der Waals surface area contributed by atoms with E-state index in [-0.39, 0.29) is 24.9 Å². The van der Waals surface area contributed by atoms with Gasteiger partial charge in [0.2, 0.25) is 18.1 Å². The zero-order valence-corrected chi connectivity index (χ0v) is 22.4. The number of H-pyrrole nitrogens is 1. The van der Waals surface area contributed by atoms with Crippen molar-refractivity contribution >= 4 is 11.9 Å². The van der Waals surface area contributed by atoms with Gasteiger partial charge in [-0.2, -0.15) is 0 Å². The second kappa shape index (κ2) is 10.6. The number of amides is 1. The van der Waals surface area contributed by atoms with Gasteiger partial charge in [-0.15, -0.1) is 0 Å². The summed E-state index contributed by atoms with van der Waals surface area (Å²) < 4.78 is 25.9. The molecular formula is C28H34FN7O3. The monoisotopic (exact) mass is 535 g/mol. The van der Waals surface area contributed by atoms with Crippen LogP contribution in [0.3, 0.4) is 0 Å². The molecule has 6 rings (SSSR count). The van der Waals surface area contributed by atoms with Crippen molar-refractivity contribution in [2.75, 3.05) is 64.4 Å². The van der Waals surface area contributed by atoms with Gasteiger partial charge in [0.05, 0.1) is 35.7 Å². The molecule has 206 valence electrons. The lowest BCUT2D eigenvalue weighted by Crippen LogP contribution is -2.55. The van der Waals surface area contributed by atoms with Crippen LogP contribution in [0.5, 0.6) is 0 Å². The van der Waals surface area contributed by atoms with Crippen molar-refractivity contribution < 1.29 is 18.7 Å². The summed E-state index contributed by atoms with van der Waals surface area (Å²) in [6.45, 7) is 7.31. The van der Waals surface area contributed by atoms with Crippen LogP contribution in [0.25, 0.3) is 22.6 Å². The molecule has 0 bridgehead atoms. The third-order valence-electron chi connectivity index (χ3n) is 7.76. The number of aromatic nitrogens is 4. The van der Waals surface area contributed by atoms with E-state index >= 15 is 0 Å². The highest BCUT2D eigenvalue weighted by Crippen LogP contribution is 2.36. The quantitative estimate of drug-likeness (QED) is 0.532. The van der Waals surface area contributed by atoms with Crippen LogP contribution in [-0.4, -0.2) is 95.2 Å². The third-order valence-corrected chi connectivity index (χ3v) is 7.76. The minimum atomic E-state index is -0.772. The Morgan fingerprint density at radius 3 is 2.38 bits per heavy atom. The van der Waals surface area contributed by atoms with Crippen LogP contribution in [0.2, 0.25) is 0 Å². The van der Waals surface area contributed by atoms with Crippen LogP contribution in [0.1, 0.15) is 31.9 Å². The van der Waals surface area contributed by atoms with E-state index in [1.165, 1.54) is 12.1 Å². The van der Waals surface area contributed by atoms with E-state index in [2.05, 4.69) is 26.8 Å². The number of ether oxygens (including phenoxy) is 2. The molecule has 3 aromatic rings. The first-order valence-electron chi connectivity index (χ1n) is 13.5. The lowest BCUT2D eigenvalue weighted by molar-refractivity contribution is -0.234. The Balaban J connectivity index is 1.26. The fourth-order valence-corrected chi connectivity index (χ4v) is 5.34. The van der Waals surface area contributed by atoms with Crippen LogP contribution < -0.4 is 4.90 Å². The van der Waals surface area contributed by atoms with Crippen molar-refractivity contribution in [3.8, 4) is 22.6 Å². The number of likely N-dealkylation sites (N-methyl/N-ethyl adjacent to an activating group) is 1. The molecular weight excluding hydrogens is 501 g/mol. The summed E-state index contributed by atoms with van der Waals surface area (Å²) in [5, 5.41) is 0. The molecule has 3 aliphatic rings. The number of anilines is 1. The largest absolute Gasteiger partial charge is 0.345 e. The molecule has 2 aromatic heterocycles. The normalized spacial score (nSPS) is 24.3. The van der Waals surface area contributed by atoms with Crippen molar-refractivity contribution in [3.05, 3.63) is 48.2 Å². The van der Waals surface area contributed by atoms with Gasteiger partial charge in [0.25, 0.3) is 0 Å². The van der Waals surface area contributed by atoms with Gasteiger partial charge in [-0.05, 0) is 57.1 Å². The summed E-state index contributed by atoms with van der Waals surface area (Å²) in [5.41, 5.74) is 1.94. The van der Waals surface area contributed by atoms with Gasteiger partial charge in [-0.3, -0.25) is 4.79 Å². The molecule has 0 atom stereocenters. The molecule has 3 saturated heterocycles. The summed E-state index contributed by atoms with van der Waals surface area (Å²) in [4.78, 5) is 37.1. The minimum Gasteiger partial charge on any atom is -0.345 e. The number of rotatable bonds is 5. The SMILES string of the molecule is CN1CCN(C(=O)C2(C)COC(c3nc(-c4ccc(F)cc4)c(-c4ccnc(N5CCCC5)n4)[nH]3)OC2)CC1. The molecule has 3 fully saturated rings. The summed E-state index contributed by atoms with van der Waals surface area (Å²) in [6, 6.07) is 8.03. The highest BCUT2D eigenvalue weighted by atomic mass is 19.1. The Hall–Kier alpha value is -3.41. The van der Waals surface area contributed by atoms with E-state index in [1.54, 1.807) is 18.3 Å². The molecule has 0 unspecified atom stereocenters. The summed E-state index contributed by atoms with van der Waals surface area (Å²) in [6.07, 6.45) is 3.21. The van der Waals surface area contributed by atoms with Crippen LogP contribution >= 0.6 is 0 Å². The summed E-state index contributed by atoms with van der Waals surface area (Å²) in [7, 11) is 2.06. The molecule has 5 heterocycles. The number of nitrogens with zero attached hydrogens (tertiary/aromatic N) is 6. The number of hydrogen-bond donors (Lipinski definition) is 1.